The molecule has 6 nitrogen and oxygen atoms in total. The molecule has 1 aliphatic rings. The highest BCUT2D eigenvalue weighted by molar-refractivity contribution is 5.97. The summed E-state index contributed by atoms with van der Waals surface area (Å²) in [7, 11) is 1.49. The minimum Gasteiger partial charge on any atom is -0.480 e. The Balaban J connectivity index is 1.76. The van der Waals surface area contributed by atoms with Gasteiger partial charge in [-0.3, -0.25) is 9.59 Å². The molecule has 1 aliphatic heterocycles. The van der Waals surface area contributed by atoms with Gasteiger partial charge in [0, 0.05) is 24.8 Å². The number of hydrogen-bond acceptors (Lipinski definition) is 4. The molecule has 6 heteroatoms. The first kappa shape index (κ1) is 17.0. The Morgan fingerprint density at radius 1 is 1.32 bits per heavy atom. The average Bonchev–Trinajstić information content (AvgIpc) is 3.07. The van der Waals surface area contributed by atoms with Gasteiger partial charge in [0.2, 0.25) is 11.8 Å². The van der Waals surface area contributed by atoms with E-state index in [9.17, 15) is 9.59 Å². The summed E-state index contributed by atoms with van der Waals surface area (Å²) in [6, 6.07) is 10.9. The van der Waals surface area contributed by atoms with E-state index in [-0.39, 0.29) is 17.9 Å². The van der Waals surface area contributed by atoms with E-state index in [1.807, 2.05) is 31.2 Å². The molecule has 2 aromatic rings. The Morgan fingerprint density at radius 2 is 2.16 bits per heavy atom. The highest BCUT2D eigenvalue weighted by atomic mass is 16.5. The van der Waals surface area contributed by atoms with Crippen molar-refractivity contribution in [1.29, 1.82) is 0 Å². The molecule has 2 amide bonds. The molecule has 1 saturated heterocycles. The second-order valence-electron chi connectivity index (χ2n) is 6.00. The SMILES string of the molecule is COc1ncccc1C(=O)NC(C)c1cccc(N2CCCC2=O)c1. The van der Waals surface area contributed by atoms with Crippen LogP contribution in [0.2, 0.25) is 0 Å². The maximum absolute atomic E-state index is 12.5. The first-order valence-corrected chi connectivity index (χ1v) is 8.30. The number of pyridine rings is 1. The number of hydrogen-bond donors (Lipinski definition) is 1. The van der Waals surface area contributed by atoms with E-state index in [2.05, 4.69) is 10.3 Å². The minimum atomic E-state index is -0.250. The topological polar surface area (TPSA) is 71.5 Å². The molecule has 0 aliphatic carbocycles. The summed E-state index contributed by atoms with van der Waals surface area (Å²) in [5.41, 5.74) is 2.20. The van der Waals surface area contributed by atoms with Crippen molar-refractivity contribution in [3.8, 4) is 5.88 Å². The van der Waals surface area contributed by atoms with Crippen LogP contribution in [0, 0.1) is 0 Å². The number of aromatic nitrogens is 1. The highest BCUT2D eigenvalue weighted by Crippen LogP contribution is 2.25. The highest BCUT2D eigenvalue weighted by Gasteiger charge is 2.22. The molecule has 25 heavy (non-hydrogen) atoms. The molecule has 1 unspecified atom stereocenters. The van der Waals surface area contributed by atoms with Crippen molar-refractivity contribution in [2.75, 3.05) is 18.6 Å². The fourth-order valence-electron chi connectivity index (χ4n) is 2.97. The summed E-state index contributed by atoms with van der Waals surface area (Å²) >= 11 is 0. The lowest BCUT2D eigenvalue weighted by atomic mass is 10.1. The van der Waals surface area contributed by atoms with Crippen LogP contribution in [0.5, 0.6) is 5.88 Å². The molecule has 1 aromatic carbocycles. The van der Waals surface area contributed by atoms with Crippen LogP contribution >= 0.6 is 0 Å². The summed E-state index contributed by atoms with van der Waals surface area (Å²) in [4.78, 5) is 30.3. The van der Waals surface area contributed by atoms with Crippen LogP contribution < -0.4 is 15.0 Å². The molecule has 0 radical (unpaired) electrons. The zero-order chi connectivity index (χ0) is 17.8. The molecule has 1 aromatic heterocycles. The molecular formula is C19H21N3O3. The average molecular weight is 339 g/mol. The molecule has 130 valence electrons. The van der Waals surface area contributed by atoms with Crippen molar-refractivity contribution in [1.82, 2.24) is 10.3 Å². The number of amides is 2. The van der Waals surface area contributed by atoms with Crippen LogP contribution in [-0.2, 0) is 4.79 Å². The molecule has 2 heterocycles. The van der Waals surface area contributed by atoms with Gasteiger partial charge in [-0.05, 0) is 43.2 Å². The summed E-state index contributed by atoms with van der Waals surface area (Å²) < 4.78 is 5.14. The number of benzene rings is 1. The van der Waals surface area contributed by atoms with Crippen LogP contribution in [-0.4, -0.2) is 30.5 Å². The fourth-order valence-corrected chi connectivity index (χ4v) is 2.97. The smallest absolute Gasteiger partial charge is 0.257 e. The third-order valence-corrected chi connectivity index (χ3v) is 4.31. The van der Waals surface area contributed by atoms with Gasteiger partial charge in [0.1, 0.15) is 5.56 Å². The van der Waals surface area contributed by atoms with Gasteiger partial charge in [-0.2, -0.15) is 0 Å². The summed E-state index contributed by atoms with van der Waals surface area (Å²) in [5, 5.41) is 2.95. The van der Waals surface area contributed by atoms with Crippen molar-refractivity contribution < 1.29 is 14.3 Å². The number of carbonyl (C=O) groups is 2. The van der Waals surface area contributed by atoms with Gasteiger partial charge < -0.3 is 15.0 Å². The molecule has 0 bridgehead atoms. The van der Waals surface area contributed by atoms with Crippen LogP contribution in [0.25, 0.3) is 0 Å². The zero-order valence-electron chi connectivity index (χ0n) is 14.4. The fraction of sp³-hybridized carbons (Fsp3) is 0.316. The van der Waals surface area contributed by atoms with Gasteiger partial charge in [-0.25, -0.2) is 4.98 Å². The van der Waals surface area contributed by atoms with Gasteiger partial charge in [0.15, 0.2) is 0 Å². The Morgan fingerprint density at radius 3 is 2.88 bits per heavy atom. The maximum atomic E-state index is 12.5. The van der Waals surface area contributed by atoms with Crippen molar-refractivity contribution in [2.24, 2.45) is 0 Å². The summed E-state index contributed by atoms with van der Waals surface area (Å²) in [6.45, 7) is 2.65. The number of nitrogens with one attached hydrogen (secondary N) is 1. The third-order valence-electron chi connectivity index (χ3n) is 4.31. The molecule has 1 atom stereocenters. The van der Waals surface area contributed by atoms with Crippen molar-refractivity contribution >= 4 is 17.5 Å². The van der Waals surface area contributed by atoms with E-state index in [1.165, 1.54) is 7.11 Å². The number of carbonyl (C=O) groups excluding carboxylic acids is 2. The lowest BCUT2D eigenvalue weighted by molar-refractivity contribution is -0.117. The predicted molar refractivity (Wildman–Crippen MR) is 94.7 cm³/mol. The number of anilines is 1. The van der Waals surface area contributed by atoms with Crippen molar-refractivity contribution in [2.45, 2.75) is 25.8 Å². The molecular weight excluding hydrogens is 318 g/mol. The lowest BCUT2D eigenvalue weighted by Gasteiger charge is -2.20. The Hall–Kier alpha value is -2.89. The lowest BCUT2D eigenvalue weighted by Crippen LogP contribution is -2.28. The van der Waals surface area contributed by atoms with Gasteiger partial charge in [0.05, 0.1) is 13.2 Å². The minimum absolute atomic E-state index is 0.147. The largest absolute Gasteiger partial charge is 0.480 e. The van der Waals surface area contributed by atoms with E-state index in [0.29, 0.717) is 17.9 Å². The summed E-state index contributed by atoms with van der Waals surface area (Å²) in [6.07, 6.45) is 3.06. The van der Waals surface area contributed by atoms with E-state index < -0.39 is 0 Å². The van der Waals surface area contributed by atoms with Gasteiger partial charge >= 0.3 is 0 Å². The molecule has 1 fully saturated rings. The van der Waals surface area contributed by atoms with E-state index in [0.717, 1.165) is 24.2 Å². The maximum Gasteiger partial charge on any atom is 0.257 e. The van der Waals surface area contributed by atoms with Crippen molar-refractivity contribution in [3.63, 3.8) is 0 Å². The van der Waals surface area contributed by atoms with E-state index in [1.54, 1.807) is 23.2 Å². The first-order valence-electron chi connectivity index (χ1n) is 8.30. The molecule has 3 rings (SSSR count). The molecule has 1 N–H and O–H groups in total. The molecule has 0 spiro atoms. The van der Waals surface area contributed by atoms with E-state index in [4.69, 9.17) is 4.74 Å². The second kappa shape index (κ2) is 7.34. The number of nitrogens with zero attached hydrogens (tertiary/aromatic N) is 2. The van der Waals surface area contributed by atoms with Crippen LogP contribution in [0.3, 0.4) is 0 Å². The van der Waals surface area contributed by atoms with Gasteiger partial charge in [0.25, 0.3) is 5.91 Å². The van der Waals surface area contributed by atoms with Crippen LogP contribution in [0.1, 0.15) is 41.7 Å². The Kier molecular flexibility index (Phi) is 4.97. The Labute approximate surface area is 146 Å². The molecule has 0 saturated carbocycles. The predicted octanol–water partition coefficient (Wildman–Crippen LogP) is 2.71. The number of methoxy groups -OCH3 is 1. The monoisotopic (exact) mass is 339 g/mol. The van der Waals surface area contributed by atoms with E-state index >= 15 is 0 Å². The van der Waals surface area contributed by atoms with Gasteiger partial charge in [-0.15, -0.1) is 0 Å². The first-order chi connectivity index (χ1) is 12.1. The zero-order valence-corrected chi connectivity index (χ0v) is 14.4. The third kappa shape index (κ3) is 3.63. The standard InChI is InChI=1S/C19H21N3O3/c1-13(21-18(24)16-8-4-10-20-19(16)25-2)14-6-3-7-15(12-14)22-11-5-9-17(22)23/h3-4,6-8,10,12-13H,5,9,11H2,1-2H3,(H,21,24). The Bertz CT molecular complexity index is 791. The van der Waals surface area contributed by atoms with Crippen LogP contribution in [0.15, 0.2) is 42.6 Å². The summed E-state index contributed by atoms with van der Waals surface area (Å²) in [5.74, 6) is 0.192. The number of rotatable bonds is 5. The second-order valence-corrected chi connectivity index (χ2v) is 6.00. The normalized spacial score (nSPS) is 15.1. The van der Waals surface area contributed by atoms with Crippen molar-refractivity contribution in [3.05, 3.63) is 53.7 Å². The number of ether oxygens (including phenoxy) is 1. The van der Waals surface area contributed by atoms with Crippen LogP contribution in [0.4, 0.5) is 5.69 Å². The quantitative estimate of drug-likeness (QED) is 0.909. The van der Waals surface area contributed by atoms with Gasteiger partial charge in [-0.1, -0.05) is 12.1 Å².